The van der Waals surface area contributed by atoms with E-state index in [4.69, 9.17) is 35.4 Å². The van der Waals surface area contributed by atoms with E-state index >= 15 is 0 Å². The molecule has 0 atom stereocenters. The standard InChI is InChI=1S/C13H10ClNO6/c1-18-7-5-8-12(20-3-2-19-8)10(11(7)14)6-4-9(13(16)17)21-15-6/h4-5H,2-3H2,1H3,(H,16,17). The van der Waals surface area contributed by atoms with E-state index in [-0.39, 0.29) is 16.5 Å². The number of fused-ring (bicyclic) bond motifs is 1. The maximum Gasteiger partial charge on any atom is 0.374 e. The lowest BCUT2D eigenvalue weighted by Gasteiger charge is -2.22. The third kappa shape index (κ3) is 2.25. The molecular formula is C13H10ClNO6. The number of carboxylic acid groups (broad SMARTS) is 1. The van der Waals surface area contributed by atoms with Crippen LogP contribution in [0.4, 0.5) is 0 Å². The summed E-state index contributed by atoms with van der Waals surface area (Å²) >= 11 is 6.28. The molecule has 110 valence electrons. The first kappa shape index (κ1) is 13.6. The molecule has 1 aromatic carbocycles. The number of halogens is 1. The SMILES string of the molecule is COc1cc2c(c(-c3cc(C(=O)O)on3)c1Cl)OCCO2. The fraction of sp³-hybridized carbons (Fsp3) is 0.231. The summed E-state index contributed by atoms with van der Waals surface area (Å²) in [6, 6.07) is 2.87. The predicted molar refractivity (Wildman–Crippen MR) is 71.5 cm³/mol. The van der Waals surface area contributed by atoms with Crippen LogP contribution in [0.3, 0.4) is 0 Å². The molecule has 21 heavy (non-hydrogen) atoms. The van der Waals surface area contributed by atoms with Crippen molar-refractivity contribution in [3.05, 3.63) is 22.9 Å². The van der Waals surface area contributed by atoms with Gasteiger partial charge in [0.25, 0.3) is 0 Å². The van der Waals surface area contributed by atoms with Crippen LogP contribution in [0.25, 0.3) is 11.3 Å². The van der Waals surface area contributed by atoms with Crippen LogP contribution < -0.4 is 14.2 Å². The molecule has 2 heterocycles. The van der Waals surface area contributed by atoms with E-state index in [1.807, 2.05) is 0 Å². The number of ether oxygens (including phenoxy) is 3. The summed E-state index contributed by atoms with van der Waals surface area (Å²) in [4.78, 5) is 10.9. The fourth-order valence-corrected chi connectivity index (χ4v) is 2.33. The van der Waals surface area contributed by atoms with Crippen molar-refractivity contribution >= 4 is 17.6 Å². The maximum atomic E-state index is 10.9. The number of carbonyl (C=O) groups is 1. The highest BCUT2D eigenvalue weighted by atomic mass is 35.5. The molecule has 1 aliphatic heterocycles. The molecule has 0 saturated heterocycles. The molecule has 0 bridgehead atoms. The van der Waals surface area contributed by atoms with Gasteiger partial charge in [-0.25, -0.2) is 4.79 Å². The highest BCUT2D eigenvalue weighted by Gasteiger charge is 2.26. The van der Waals surface area contributed by atoms with Crippen molar-refractivity contribution in [3.8, 4) is 28.5 Å². The van der Waals surface area contributed by atoms with E-state index in [9.17, 15) is 4.79 Å². The second kappa shape index (κ2) is 5.17. The van der Waals surface area contributed by atoms with Crippen molar-refractivity contribution in [2.75, 3.05) is 20.3 Å². The van der Waals surface area contributed by atoms with Gasteiger partial charge >= 0.3 is 5.97 Å². The Hall–Kier alpha value is -2.41. The quantitative estimate of drug-likeness (QED) is 0.931. The second-order valence-electron chi connectivity index (χ2n) is 4.17. The molecule has 8 heteroatoms. The largest absolute Gasteiger partial charge is 0.495 e. The molecule has 0 fully saturated rings. The van der Waals surface area contributed by atoms with Crippen molar-refractivity contribution in [1.29, 1.82) is 0 Å². The van der Waals surface area contributed by atoms with Crippen LogP contribution in [0.15, 0.2) is 16.7 Å². The van der Waals surface area contributed by atoms with E-state index in [0.29, 0.717) is 36.0 Å². The number of nitrogens with zero attached hydrogens (tertiary/aromatic N) is 1. The first-order valence-electron chi connectivity index (χ1n) is 5.98. The van der Waals surface area contributed by atoms with Gasteiger partial charge in [-0.15, -0.1) is 0 Å². The maximum absolute atomic E-state index is 10.9. The monoisotopic (exact) mass is 311 g/mol. The smallest absolute Gasteiger partial charge is 0.374 e. The normalized spacial score (nSPS) is 13.0. The molecule has 0 spiro atoms. The van der Waals surface area contributed by atoms with E-state index in [1.165, 1.54) is 13.2 Å². The van der Waals surface area contributed by atoms with Gasteiger partial charge in [-0.3, -0.25) is 0 Å². The Bertz CT molecular complexity index is 711. The average molecular weight is 312 g/mol. The molecule has 1 N–H and O–H groups in total. The zero-order chi connectivity index (χ0) is 15.0. The van der Waals surface area contributed by atoms with Crippen molar-refractivity contribution in [2.45, 2.75) is 0 Å². The van der Waals surface area contributed by atoms with Crippen LogP contribution in [-0.4, -0.2) is 36.6 Å². The van der Waals surface area contributed by atoms with Gasteiger partial charge < -0.3 is 23.8 Å². The Balaban J connectivity index is 2.21. The molecule has 0 amide bonds. The first-order valence-corrected chi connectivity index (χ1v) is 6.36. The van der Waals surface area contributed by atoms with E-state index in [1.54, 1.807) is 6.07 Å². The van der Waals surface area contributed by atoms with Gasteiger partial charge in [0, 0.05) is 12.1 Å². The first-order chi connectivity index (χ1) is 10.1. The van der Waals surface area contributed by atoms with Crippen molar-refractivity contribution in [2.24, 2.45) is 0 Å². The fourth-order valence-electron chi connectivity index (χ4n) is 2.01. The molecule has 0 unspecified atom stereocenters. The summed E-state index contributed by atoms with van der Waals surface area (Å²) in [6.07, 6.45) is 0. The summed E-state index contributed by atoms with van der Waals surface area (Å²) in [5.74, 6) is -0.307. The number of rotatable bonds is 3. The topological polar surface area (TPSA) is 91.0 Å². The van der Waals surface area contributed by atoms with Crippen LogP contribution in [0.5, 0.6) is 17.2 Å². The molecule has 7 nitrogen and oxygen atoms in total. The average Bonchev–Trinajstić information content (AvgIpc) is 2.96. The van der Waals surface area contributed by atoms with E-state index in [2.05, 4.69) is 5.16 Å². The minimum atomic E-state index is -1.22. The number of hydrogen-bond donors (Lipinski definition) is 1. The summed E-state index contributed by atoms with van der Waals surface area (Å²) in [7, 11) is 1.46. The number of carboxylic acids is 1. The Kier molecular flexibility index (Phi) is 3.34. The third-order valence-electron chi connectivity index (χ3n) is 2.93. The molecule has 0 radical (unpaired) electrons. The lowest BCUT2D eigenvalue weighted by molar-refractivity contribution is 0.0652. The molecule has 1 aromatic heterocycles. The lowest BCUT2D eigenvalue weighted by Crippen LogP contribution is -2.16. The second-order valence-corrected chi connectivity index (χ2v) is 4.55. The van der Waals surface area contributed by atoms with Gasteiger partial charge in [0.2, 0.25) is 5.76 Å². The zero-order valence-corrected chi connectivity index (χ0v) is 11.6. The lowest BCUT2D eigenvalue weighted by atomic mass is 10.1. The summed E-state index contributed by atoms with van der Waals surface area (Å²) in [6.45, 7) is 0.753. The highest BCUT2D eigenvalue weighted by molar-refractivity contribution is 6.35. The van der Waals surface area contributed by atoms with Crippen LogP contribution >= 0.6 is 11.6 Å². The molecular weight excluding hydrogens is 302 g/mol. The Morgan fingerprint density at radius 2 is 2.14 bits per heavy atom. The Labute approximate surface area is 124 Å². The van der Waals surface area contributed by atoms with Gasteiger partial charge in [-0.05, 0) is 0 Å². The van der Waals surface area contributed by atoms with E-state index < -0.39 is 5.97 Å². The van der Waals surface area contributed by atoms with E-state index in [0.717, 1.165) is 0 Å². The van der Waals surface area contributed by atoms with Gasteiger partial charge in [0.1, 0.15) is 24.7 Å². The van der Waals surface area contributed by atoms with Gasteiger partial charge in [0.05, 0.1) is 17.7 Å². The highest BCUT2D eigenvalue weighted by Crippen LogP contribution is 2.48. The molecule has 2 aromatic rings. The van der Waals surface area contributed by atoms with Crippen LogP contribution in [-0.2, 0) is 0 Å². The van der Waals surface area contributed by atoms with Crippen molar-refractivity contribution in [3.63, 3.8) is 0 Å². The Morgan fingerprint density at radius 1 is 1.38 bits per heavy atom. The molecule has 3 rings (SSSR count). The predicted octanol–water partition coefficient (Wildman–Crippen LogP) is 2.47. The van der Waals surface area contributed by atoms with Crippen LogP contribution in [0.2, 0.25) is 5.02 Å². The number of hydrogen-bond acceptors (Lipinski definition) is 6. The minimum Gasteiger partial charge on any atom is -0.495 e. The molecule has 1 aliphatic rings. The zero-order valence-electron chi connectivity index (χ0n) is 10.9. The molecule has 0 saturated carbocycles. The van der Waals surface area contributed by atoms with Gasteiger partial charge in [0.15, 0.2) is 11.5 Å². The third-order valence-corrected chi connectivity index (χ3v) is 3.31. The molecule has 0 aliphatic carbocycles. The van der Waals surface area contributed by atoms with Crippen LogP contribution in [0.1, 0.15) is 10.6 Å². The number of benzene rings is 1. The number of methoxy groups -OCH3 is 1. The van der Waals surface area contributed by atoms with Crippen molar-refractivity contribution in [1.82, 2.24) is 5.16 Å². The minimum absolute atomic E-state index is 0.234. The summed E-state index contributed by atoms with van der Waals surface area (Å²) in [5.41, 5.74) is 0.611. The summed E-state index contributed by atoms with van der Waals surface area (Å²) < 4.78 is 21.0. The van der Waals surface area contributed by atoms with Gasteiger partial charge in [-0.2, -0.15) is 0 Å². The number of aromatic carboxylic acids is 1. The van der Waals surface area contributed by atoms with Gasteiger partial charge in [-0.1, -0.05) is 16.8 Å². The number of aromatic nitrogens is 1. The van der Waals surface area contributed by atoms with Crippen molar-refractivity contribution < 1.29 is 28.6 Å². The summed E-state index contributed by atoms with van der Waals surface area (Å²) in [5, 5.41) is 12.9. The van der Waals surface area contributed by atoms with Crippen LogP contribution in [0, 0.1) is 0 Å². The Morgan fingerprint density at radius 3 is 2.81 bits per heavy atom.